The molecule has 0 saturated carbocycles. The van der Waals surface area contributed by atoms with E-state index in [-0.39, 0.29) is 16.5 Å². The lowest BCUT2D eigenvalue weighted by Crippen LogP contribution is -2.43. The first kappa shape index (κ1) is 17.5. The molecule has 1 aromatic carbocycles. The summed E-state index contributed by atoms with van der Waals surface area (Å²) in [5, 5.41) is 2.75. The molecule has 23 heavy (non-hydrogen) atoms. The second kappa shape index (κ2) is 7.12. The average Bonchev–Trinajstić information content (AvgIpc) is 2.69. The van der Waals surface area contributed by atoms with E-state index < -0.39 is 28.4 Å². The van der Waals surface area contributed by atoms with Crippen molar-refractivity contribution in [2.24, 2.45) is 0 Å². The minimum absolute atomic E-state index is 0.0335. The van der Waals surface area contributed by atoms with Crippen molar-refractivity contribution in [2.75, 3.05) is 6.54 Å². The second-order valence-corrected chi connectivity index (χ2v) is 7.61. The van der Waals surface area contributed by atoms with E-state index in [9.17, 15) is 18.0 Å². The Kier molecular flexibility index (Phi) is 5.41. The van der Waals surface area contributed by atoms with Crippen molar-refractivity contribution in [1.82, 2.24) is 9.62 Å². The first-order chi connectivity index (χ1) is 10.9. The summed E-state index contributed by atoms with van der Waals surface area (Å²) < 4.78 is 25.3. The van der Waals surface area contributed by atoms with Crippen LogP contribution in [0.25, 0.3) is 0 Å². The van der Waals surface area contributed by atoms with Crippen LogP contribution < -0.4 is 5.32 Å². The molecule has 0 radical (unpaired) electrons. The molecule has 0 aliphatic carbocycles. The molecule has 1 atom stereocenters. The van der Waals surface area contributed by atoms with E-state index in [4.69, 9.17) is 0 Å². The summed E-state index contributed by atoms with van der Waals surface area (Å²) in [4.78, 5) is 24.2. The molecular weight excluding hydrogens is 316 g/mol. The molecule has 126 valence electrons. The van der Waals surface area contributed by atoms with Gasteiger partial charge in [0.1, 0.15) is 11.4 Å². The highest BCUT2D eigenvalue weighted by Crippen LogP contribution is 2.29. The molecule has 1 unspecified atom stereocenters. The van der Waals surface area contributed by atoms with Crippen LogP contribution in [-0.2, 0) is 14.8 Å². The molecule has 0 spiro atoms. The number of benzene rings is 1. The number of carbonyl (C=O) groups is 2. The fourth-order valence-corrected chi connectivity index (χ4v) is 4.14. The molecule has 0 aromatic heterocycles. The maximum absolute atomic E-state index is 12.4. The van der Waals surface area contributed by atoms with Crippen molar-refractivity contribution < 1.29 is 18.0 Å². The predicted molar refractivity (Wildman–Crippen MR) is 86.4 cm³/mol. The topological polar surface area (TPSA) is 83.6 Å². The third-order valence-corrected chi connectivity index (χ3v) is 5.63. The molecule has 1 aliphatic rings. The van der Waals surface area contributed by atoms with Crippen LogP contribution in [0.3, 0.4) is 0 Å². The summed E-state index contributed by atoms with van der Waals surface area (Å²) in [6.07, 6.45) is 4.03. The van der Waals surface area contributed by atoms with E-state index in [0.717, 1.165) is 25.7 Å². The predicted octanol–water partition coefficient (Wildman–Crippen LogP) is 1.92. The van der Waals surface area contributed by atoms with Crippen molar-refractivity contribution in [3.8, 4) is 0 Å². The van der Waals surface area contributed by atoms with Crippen LogP contribution in [0.4, 0.5) is 0 Å². The van der Waals surface area contributed by atoms with Gasteiger partial charge in [-0.2, -0.15) is 0 Å². The lowest BCUT2D eigenvalue weighted by Gasteiger charge is -2.18. The van der Waals surface area contributed by atoms with Crippen LogP contribution in [0, 0.1) is 0 Å². The Labute approximate surface area is 136 Å². The van der Waals surface area contributed by atoms with Crippen molar-refractivity contribution in [2.45, 2.75) is 50.5 Å². The largest absolute Gasteiger partial charge is 0.352 e. The quantitative estimate of drug-likeness (QED) is 0.770. The van der Waals surface area contributed by atoms with Gasteiger partial charge in [0.15, 0.2) is 0 Å². The molecule has 2 rings (SSSR count). The van der Waals surface area contributed by atoms with Gasteiger partial charge < -0.3 is 5.32 Å². The summed E-state index contributed by atoms with van der Waals surface area (Å²) in [7, 11) is -3.92. The summed E-state index contributed by atoms with van der Waals surface area (Å²) >= 11 is 0. The number of carbonyl (C=O) groups excluding carboxylic acids is 2. The third-order valence-electron chi connectivity index (χ3n) is 3.85. The molecule has 1 aliphatic heterocycles. The zero-order chi connectivity index (χ0) is 17.0. The van der Waals surface area contributed by atoms with Gasteiger partial charge in [-0.05, 0) is 25.5 Å². The van der Waals surface area contributed by atoms with E-state index in [1.54, 1.807) is 12.1 Å². The summed E-state index contributed by atoms with van der Waals surface area (Å²) in [6.45, 7) is 3.50. The third kappa shape index (κ3) is 3.72. The lowest BCUT2D eigenvalue weighted by atomic mass is 10.1. The van der Waals surface area contributed by atoms with Gasteiger partial charge in [0.2, 0.25) is 5.91 Å². The summed E-state index contributed by atoms with van der Waals surface area (Å²) in [6, 6.07) is 5.96. The van der Waals surface area contributed by atoms with Crippen LogP contribution >= 0.6 is 0 Å². The highest BCUT2D eigenvalue weighted by molar-refractivity contribution is 7.90. The molecule has 0 fully saturated rings. The maximum Gasteiger partial charge on any atom is 0.269 e. The van der Waals surface area contributed by atoms with Gasteiger partial charge in [-0.25, -0.2) is 12.7 Å². The molecule has 1 N–H and O–H groups in total. The normalized spacial score (nSPS) is 17.0. The fourth-order valence-electron chi connectivity index (χ4n) is 2.61. The first-order valence-electron chi connectivity index (χ1n) is 7.83. The SMILES string of the molecule is CCCCCC(C)NC(=O)CN1C(=O)c2ccccc2S1(=O)=O. The zero-order valence-corrected chi connectivity index (χ0v) is 14.2. The van der Waals surface area contributed by atoms with Crippen molar-refractivity contribution >= 4 is 21.8 Å². The van der Waals surface area contributed by atoms with Gasteiger partial charge in [0.25, 0.3) is 15.9 Å². The van der Waals surface area contributed by atoms with Gasteiger partial charge >= 0.3 is 0 Å². The second-order valence-electron chi connectivity index (χ2n) is 5.78. The monoisotopic (exact) mass is 338 g/mol. The number of nitrogens with zero attached hydrogens (tertiary/aromatic N) is 1. The number of nitrogens with one attached hydrogen (secondary N) is 1. The van der Waals surface area contributed by atoms with Crippen LogP contribution in [0.15, 0.2) is 29.2 Å². The minimum atomic E-state index is -3.92. The maximum atomic E-state index is 12.4. The number of fused-ring (bicyclic) bond motifs is 1. The van der Waals surface area contributed by atoms with Crippen LogP contribution in [0.5, 0.6) is 0 Å². The van der Waals surface area contributed by atoms with Crippen molar-refractivity contribution in [3.05, 3.63) is 29.8 Å². The van der Waals surface area contributed by atoms with Gasteiger partial charge in [0.05, 0.1) is 5.56 Å². The smallest absolute Gasteiger partial charge is 0.269 e. The van der Waals surface area contributed by atoms with Crippen LogP contribution in [0.2, 0.25) is 0 Å². The number of amides is 2. The average molecular weight is 338 g/mol. The molecule has 6 nitrogen and oxygen atoms in total. The van der Waals surface area contributed by atoms with E-state index in [0.29, 0.717) is 4.31 Å². The van der Waals surface area contributed by atoms with Gasteiger partial charge in [0, 0.05) is 6.04 Å². The minimum Gasteiger partial charge on any atom is -0.352 e. The molecule has 0 saturated heterocycles. The molecule has 2 amide bonds. The van der Waals surface area contributed by atoms with E-state index in [2.05, 4.69) is 12.2 Å². The van der Waals surface area contributed by atoms with Gasteiger partial charge in [-0.1, -0.05) is 38.3 Å². The Bertz CT molecular complexity index is 700. The fraction of sp³-hybridized carbons (Fsp3) is 0.500. The Morgan fingerprint density at radius 1 is 1.26 bits per heavy atom. The van der Waals surface area contributed by atoms with Crippen LogP contribution in [0.1, 0.15) is 49.9 Å². The van der Waals surface area contributed by atoms with Gasteiger partial charge in [-0.15, -0.1) is 0 Å². The van der Waals surface area contributed by atoms with Crippen molar-refractivity contribution in [3.63, 3.8) is 0 Å². The molecule has 0 bridgehead atoms. The number of rotatable bonds is 7. The number of unbranched alkanes of at least 4 members (excludes halogenated alkanes) is 2. The van der Waals surface area contributed by atoms with Gasteiger partial charge in [-0.3, -0.25) is 9.59 Å². The van der Waals surface area contributed by atoms with E-state index in [1.165, 1.54) is 12.1 Å². The molecule has 1 aromatic rings. The standard InChI is InChI=1S/C16H22N2O4S/c1-3-4-5-8-12(2)17-15(19)11-18-16(20)13-9-6-7-10-14(13)23(18,21)22/h6-7,9-10,12H,3-5,8,11H2,1-2H3,(H,17,19). The zero-order valence-electron chi connectivity index (χ0n) is 13.4. The van der Waals surface area contributed by atoms with Crippen molar-refractivity contribution in [1.29, 1.82) is 0 Å². The Balaban J connectivity index is 2.01. The lowest BCUT2D eigenvalue weighted by molar-refractivity contribution is -0.121. The number of sulfonamides is 1. The molecule has 7 heteroatoms. The van der Waals surface area contributed by atoms with E-state index in [1.807, 2.05) is 6.92 Å². The molecule has 1 heterocycles. The number of hydrogen-bond donors (Lipinski definition) is 1. The summed E-state index contributed by atoms with van der Waals surface area (Å²) in [5.41, 5.74) is 0.122. The molecular formula is C16H22N2O4S. The highest BCUT2D eigenvalue weighted by atomic mass is 32.2. The van der Waals surface area contributed by atoms with Crippen LogP contribution in [-0.4, -0.2) is 37.1 Å². The first-order valence-corrected chi connectivity index (χ1v) is 9.27. The Hall–Kier alpha value is -1.89. The van der Waals surface area contributed by atoms with E-state index >= 15 is 0 Å². The summed E-state index contributed by atoms with van der Waals surface area (Å²) in [5.74, 6) is -1.10. The highest BCUT2D eigenvalue weighted by Gasteiger charge is 2.41. The number of hydrogen-bond acceptors (Lipinski definition) is 4. The Morgan fingerprint density at radius 3 is 2.61 bits per heavy atom. The Morgan fingerprint density at radius 2 is 1.96 bits per heavy atom.